The van der Waals surface area contributed by atoms with Gasteiger partial charge in [-0.1, -0.05) is 48.0 Å². The Morgan fingerprint density at radius 1 is 1.00 bits per heavy atom. The summed E-state index contributed by atoms with van der Waals surface area (Å²) < 4.78 is 0. The van der Waals surface area contributed by atoms with Crippen molar-refractivity contribution >= 4 is 11.6 Å². The Morgan fingerprint density at radius 2 is 1.69 bits per heavy atom. The average Bonchev–Trinajstić information content (AvgIpc) is 2.66. The number of nitrogens with one attached hydrogen (secondary N) is 1. The van der Waals surface area contributed by atoms with Crippen LogP contribution in [0.3, 0.4) is 0 Å². The van der Waals surface area contributed by atoms with Gasteiger partial charge in [0.05, 0.1) is 17.9 Å². The molecule has 1 aliphatic heterocycles. The van der Waals surface area contributed by atoms with E-state index in [9.17, 15) is 9.90 Å². The number of carbonyl (C=O) groups excluding carboxylic acids is 1. The second kappa shape index (κ2) is 7.14. The predicted octanol–water partition coefficient (Wildman–Crippen LogP) is 3.57. The van der Waals surface area contributed by atoms with E-state index in [2.05, 4.69) is 29.4 Å². The molecule has 1 heterocycles. The van der Waals surface area contributed by atoms with Crippen molar-refractivity contribution in [3.8, 4) is 0 Å². The van der Waals surface area contributed by atoms with Crippen molar-refractivity contribution in [1.29, 1.82) is 0 Å². The Balaban J connectivity index is 1.70. The maximum atomic E-state index is 12.6. The summed E-state index contributed by atoms with van der Waals surface area (Å²) in [7, 11) is 0. The lowest BCUT2D eigenvalue weighted by Gasteiger charge is -2.33. The van der Waals surface area contributed by atoms with Crippen LogP contribution in [0.2, 0.25) is 0 Å². The second-order valence-corrected chi connectivity index (χ2v) is 7.36. The smallest absolute Gasteiger partial charge is 0.277 e. The number of carbonyl (C=O) groups is 1. The second-order valence-electron chi connectivity index (χ2n) is 7.36. The summed E-state index contributed by atoms with van der Waals surface area (Å²) in [5.74, 6) is -0.173. The lowest BCUT2D eigenvalue weighted by Crippen LogP contribution is -2.42. The number of hydrogen-bond donors (Lipinski definition) is 2. The van der Waals surface area contributed by atoms with Crippen molar-refractivity contribution < 1.29 is 9.90 Å². The molecule has 1 atom stereocenters. The first-order chi connectivity index (χ1) is 12.6. The van der Waals surface area contributed by atoms with Crippen LogP contribution in [0.4, 0.5) is 0 Å². The van der Waals surface area contributed by atoms with Crippen LogP contribution in [0.5, 0.6) is 0 Å². The zero-order chi connectivity index (χ0) is 18.1. The highest BCUT2D eigenvalue weighted by molar-refractivity contribution is 6.17. The summed E-state index contributed by atoms with van der Waals surface area (Å²) >= 11 is 0. The minimum Gasteiger partial charge on any atom is -0.393 e. The molecular weight excluding hydrogens is 324 g/mol. The van der Waals surface area contributed by atoms with Crippen LogP contribution in [0.25, 0.3) is 0 Å². The van der Waals surface area contributed by atoms with Crippen LogP contribution in [0.1, 0.15) is 58.8 Å². The molecule has 4 rings (SSSR count). The molecule has 1 aliphatic carbocycles. The number of aliphatic imine (C=N–C) groups is 1. The molecule has 26 heavy (non-hydrogen) atoms. The number of aliphatic hydroxyl groups excluding tert-OH is 1. The minimum atomic E-state index is -0.182. The van der Waals surface area contributed by atoms with E-state index < -0.39 is 0 Å². The first-order valence-corrected chi connectivity index (χ1v) is 9.35. The van der Waals surface area contributed by atoms with Gasteiger partial charge in [-0.05, 0) is 49.8 Å². The first kappa shape index (κ1) is 17.1. The van der Waals surface area contributed by atoms with E-state index in [4.69, 9.17) is 0 Å². The molecule has 2 N–H and O–H groups in total. The molecule has 4 heteroatoms. The fourth-order valence-corrected chi connectivity index (χ4v) is 3.93. The maximum Gasteiger partial charge on any atom is 0.277 e. The average molecular weight is 348 g/mol. The van der Waals surface area contributed by atoms with Gasteiger partial charge in [0.1, 0.15) is 0 Å². The molecule has 1 fully saturated rings. The molecule has 1 unspecified atom stereocenters. The molecule has 0 bridgehead atoms. The molecule has 4 nitrogen and oxygen atoms in total. The van der Waals surface area contributed by atoms with Gasteiger partial charge < -0.3 is 10.4 Å². The van der Waals surface area contributed by atoms with Crippen LogP contribution in [0.15, 0.2) is 53.5 Å². The number of hydrogen-bond acceptors (Lipinski definition) is 3. The Morgan fingerprint density at radius 3 is 2.42 bits per heavy atom. The Hall–Kier alpha value is -2.30. The maximum absolute atomic E-state index is 12.6. The van der Waals surface area contributed by atoms with Crippen LogP contribution in [-0.2, 0) is 0 Å². The molecule has 2 aromatic carbocycles. The molecule has 2 aliphatic rings. The normalized spacial score (nSPS) is 25.5. The van der Waals surface area contributed by atoms with Crippen molar-refractivity contribution in [3.05, 3.63) is 70.8 Å². The van der Waals surface area contributed by atoms with Crippen LogP contribution in [0, 0.1) is 6.92 Å². The number of aliphatic hydroxyl groups is 1. The Labute approximate surface area is 154 Å². The summed E-state index contributed by atoms with van der Waals surface area (Å²) in [6.45, 7) is 2.05. The number of fused-ring (bicyclic) bond motifs is 1. The van der Waals surface area contributed by atoms with Crippen molar-refractivity contribution in [2.24, 2.45) is 4.99 Å². The van der Waals surface area contributed by atoms with Gasteiger partial charge in [-0.3, -0.25) is 4.79 Å². The summed E-state index contributed by atoms with van der Waals surface area (Å²) in [6, 6.07) is 16.1. The van der Waals surface area contributed by atoms with Gasteiger partial charge in [-0.2, -0.15) is 0 Å². The third-order valence-corrected chi connectivity index (χ3v) is 5.44. The standard InChI is InChI=1S/C22H24N2O2/c1-14-6-8-15(9-7-14)20-21(23-16-10-12-17(25)13-11-16)18-4-2-3-5-19(18)22(26)24-20/h2-9,16-17,21,23,25H,10-13H2,1H3. The first-order valence-electron chi connectivity index (χ1n) is 9.35. The molecule has 0 spiro atoms. The Bertz CT molecular complexity index is 833. The van der Waals surface area contributed by atoms with Gasteiger partial charge in [0, 0.05) is 11.6 Å². The molecule has 0 saturated heterocycles. The highest BCUT2D eigenvalue weighted by Crippen LogP contribution is 2.31. The predicted molar refractivity (Wildman–Crippen MR) is 103 cm³/mol. The van der Waals surface area contributed by atoms with E-state index in [0.717, 1.165) is 42.5 Å². The van der Waals surface area contributed by atoms with Crippen molar-refractivity contribution in [2.45, 2.75) is 50.8 Å². The number of amides is 1. The van der Waals surface area contributed by atoms with E-state index in [1.165, 1.54) is 5.56 Å². The molecular formula is C22H24N2O2. The topological polar surface area (TPSA) is 61.7 Å². The van der Waals surface area contributed by atoms with E-state index in [1.54, 1.807) is 0 Å². The van der Waals surface area contributed by atoms with Crippen LogP contribution < -0.4 is 5.32 Å². The van der Waals surface area contributed by atoms with Crippen molar-refractivity contribution in [2.75, 3.05) is 0 Å². The molecule has 0 aromatic heterocycles. The zero-order valence-electron chi connectivity index (χ0n) is 15.0. The quantitative estimate of drug-likeness (QED) is 0.891. The van der Waals surface area contributed by atoms with E-state index in [1.807, 2.05) is 36.4 Å². The van der Waals surface area contributed by atoms with Crippen molar-refractivity contribution in [1.82, 2.24) is 5.32 Å². The van der Waals surface area contributed by atoms with Gasteiger partial charge in [-0.15, -0.1) is 0 Å². The molecule has 1 amide bonds. The minimum absolute atomic E-state index is 0.105. The fourth-order valence-electron chi connectivity index (χ4n) is 3.93. The highest BCUT2D eigenvalue weighted by atomic mass is 16.3. The third kappa shape index (κ3) is 3.35. The van der Waals surface area contributed by atoms with Gasteiger partial charge in [0.15, 0.2) is 0 Å². The highest BCUT2D eigenvalue weighted by Gasteiger charge is 2.32. The van der Waals surface area contributed by atoms with E-state index >= 15 is 0 Å². The lowest BCUT2D eigenvalue weighted by molar-refractivity contribution is 0.0997. The van der Waals surface area contributed by atoms with Crippen LogP contribution in [-0.4, -0.2) is 28.9 Å². The molecule has 134 valence electrons. The summed E-state index contributed by atoms with van der Waals surface area (Å²) in [5, 5.41) is 13.5. The van der Waals surface area contributed by atoms with Crippen molar-refractivity contribution in [3.63, 3.8) is 0 Å². The summed E-state index contributed by atoms with van der Waals surface area (Å²) in [5.41, 5.74) is 4.63. The zero-order valence-corrected chi connectivity index (χ0v) is 15.0. The molecule has 1 saturated carbocycles. The van der Waals surface area contributed by atoms with E-state index in [-0.39, 0.29) is 18.1 Å². The molecule has 2 aromatic rings. The number of nitrogens with zero attached hydrogens (tertiary/aromatic N) is 1. The SMILES string of the molecule is Cc1ccc(C2=NC(=O)c3ccccc3C2NC2CCC(O)CC2)cc1. The Kier molecular flexibility index (Phi) is 4.70. The van der Waals surface area contributed by atoms with Gasteiger partial charge >= 0.3 is 0 Å². The van der Waals surface area contributed by atoms with Gasteiger partial charge in [-0.25, -0.2) is 4.99 Å². The number of rotatable bonds is 3. The van der Waals surface area contributed by atoms with Gasteiger partial charge in [0.2, 0.25) is 0 Å². The molecule has 0 radical (unpaired) electrons. The van der Waals surface area contributed by atoms with E-state index in [0.29, 0.717) is 11.6 Å². The monoisotopic (exact) mass is 348 g/mol. The van der Waals surface area contributed by atoms with Gasteiger partial charge in [0.25, 0.3) is 5.91 Å². The largest absolute Gasteiger partial charge is 0.393 e. The van der Waals surface area contributed by atoms with Crippen LogP contribution >= 0.6 is 0 Å². The summed E-state index contributed by atoms with van der Waals surface area (Å²) in [4.78, 5) is 17.0. The fraction of sp³-hybridized carbons (Fsp3) is 0.364. The summed E-state index contributed by atoms with van der Waals surface area (Å²) in [6.07, 6.45) is 3.34. The third-order valence-electron chi connectivity index (χ3n) is 5.44. The number of benzene rings is 2. The lowest BCUT2D eigenvalue weighted by atomic mass is 9.87. The number of aryl methyl sites for hydroxylation is 1.